The molecule has 1 nitrogen and oxygen atoms in total. The van der Waals surface area contributed by atoms with Gasteiger partial charge in [-0.2, -0.15) is 0 Å². The van der Waals surface area contributed by atoms with Gasteiger partial charge in [-0.05, 0) is 24.7 Å². The van der Waals surface area contributed by atoms with E-state index in [0.29, 0.717) is 6.04 Å². The maximum atomic E-state index is 5.61. The summed E-state index contributed by atoms with van der Waals surface area (Å²) in [5, 5.41) is 0. The van der Waals surface area contributed by atoms with E-state index >= 15 is 0 Å². The lowest BCUT2D eigenvalue weighted by atomic mass is 10.1. The molecule has 0 radical (unpaired) electrons. The average molecular weight is 113 g/mol. The van der Waals surface area contributed by atoms with Gasteiger partial charge in [0.05, 0.1) is 0 Å². The minimum atomic E-state index is 0.553. The molecule has 8 heavy (non-hydrogen) atoms. The number of hydrogen-bond acceptors (Lipinski definition) is 1. The molecule has 1 fully saturated rings. The summed E-state index contributed by atoms with van der Waals surface area (Å²) in [5.74, 6) is 1.71. The summed E-state index contributed by atoms with van der Waals surface area (Å²) < 4.78 is 0. The second-order valence-corrected chi connectivity index (χ2v) is 3.29. The highest BCUT2D eigenvalue weighted by atomic mass is 14.7. The highest BCUT2D eigenvalue weighted by Crippen LogP contribution is 2.33. The van der Waals surface area contributed by atoms with Crippen LogP contribution in [0.15, 0.2) is 0 Å². The minimum absolute atomic E-state index is 0.553. The first kappa shape index (κ1) is 6.09. The molecule has 2 N–H and O–H groups in total. The third-order valence-corrected chi connectivity index (χ3v) is 1.75. The Balaban J connectivity index is 2.05. The fraction of sp³-hybridized carbons (Fsp3) is 1.00. The second-order valence-electron chi connectivity index (χ2n) is 3.29. The summed E-state index contributed by atoms with van der Waals surface area (Å²) in [6, 6.07) is 0.553. The lowest BCUT2D eigenvalue weighted by molar-refractivity contribution is 0.531. The Kier molecular flexibility index (Phi) is 1.57. The smallest absolute Gasteiger partial charge is 0.00710 e. The van der Waals surface area contributed by atoms with E-state index in [2.05, 4.69) is 13.8 Å². The molecule has 1 aliphatic rings. The van der Waals surface area contributed by atoms with Crippen LogP contribution in [0.25, 0.3) is 0 Å². The van der Waals surface area contributed by atoms with E-state index < -0.39 is 0 Å². The molecule has 2 atom stereocenters. The standard InChI is InChI=1S/C7H15N/c1-5(2)3-6-4-7(6)8/h5-7H,3-4,8H2,1-2H3/t6-,7+/m1/s1. The Morgan fingerprint density at radius 2 is 2.12 bits per heavy atom. The molecule has 1 saturated carbocycles. The molecule has 0 bridgehead atoms. The molecule has 0 saturated heterocycles. The molecule has 0 aromatic heterocycles. The van der Waals surface area contributed by atoms with Crippen molar-refractivity contribution < 1.29 is 0 Å². The molecule has 0 aliphatic heterocycles. The lowest BCUT2D eigenvalue weighted by Crippen LogP contribution is -2.03. The molecular formula is C7H15N. The van der Waals surface area contributed by atoms with Crippen molar-refractivity contribution >= 4 is 0 Å². The first-order chi connectivity index (χ1) is 3.70. The normalized spacial score (nSPS) is 36.0. The van der Waals surface area contributed by atoms with E-state index in [1.807, 2.05) is 0 Å². The van der Waals surface area contributed by atoms with E-state index in [4.69, 9.17) is 5.73 Å². The zero-order valence-electron chi connectivity index (χ0n) is 5.72. The zero-order chi connectivity index (χ0) is 6.15. The van der Waals surface area contributed by atoms with E-state index in [-0.39, 0.29) is 0 Å². The van der Waals surface area contributed by atoms with E-state index in [1.54, 1.807) is 0 Å². The summed E-state index contributed by atoms with van der Waals surface area (Å²) in [4.78, 5) is 0. The predicted octanol–water partition coefficient (Wildman–Crippen LogP) is 1.38. The van der Waals surface area contributed by atoms with Gasteiger partial charge < -0.3 is 5.73 Å². The van der Waals surface area contributed by atoms with Crippen molar-refractivity contribution in [3.05, 3.63) is 0 Å². The molecule has 0 aromatic carbocycles. The Bertz CT molecular complexity index is 78.5. The first-order valence-corrected chi connectivity index (χ1v) is 3.45. The predicted molar refractivity (Wildman–Crippen MR) is 35.5 cm³/mol. The van der Waals surface area contributed by atoms with Crippen molar-refractivity contribution in [1.29, 1.82) is 0 Å². The molecular weight excluding hydrogens is 98.1 g/mol. The average Bonchev–Trinajstić information content (AvgIpc) is 2.17. The van der Waals surface area contributed by atoms with Crippen LogP contribution in [0.1, 0.15) is 26.7 Å². The quantitative estimate of drug-likeness (QED) is 0.575. The van der Waals surface area contributed by atoms with Gasteiger partial charge in [-0.25, -0.2) is 0 Å². The summed E-state index contributed by atoms with van der Waals surface area (Å²) >= 11 is 0. The van der Waals surface area contributed by atoms with Gasteiger partial charge in [-0.15, -0.1) is 0 Å². The molecule has 48 valence electrons. The van der Waals surface area contributed by atoms with Crippen molar-refractivity contribution in [2.45, 2.75) is 32.7 Å². The molecule has 1 rings (SSSR count). The summed E-state index contributed by atoms with van der Waals surface area (Å²) in [7, 11) is 0. The molecule has 0 aromatic rings. The van der Waals surface area contributed by atoms with E-state index in [9.17, 15) is 0 Å². The van der Waals surface area contributed by atoms with Crippen LogP contribution in [0.3, 0.4) is 0 Å². The summed E-state index contributed by atoms with van der Waals surface area (Å²) in [6.07, 6.45) is 2.61. The third kappa shape index (κ3) is 1.48. The van der Waals surface area contributed by atoms with E-state index in [0.717, 1.165) is 11.8 Å². The van der Waals surface area contributed by atoms with Gasteiger partial charge in [0.25, 0.3) is 0 Å². The maximum Gasteiger partial charge on any atom is 0.00710 e. The highest BCUT2D eigenvalue weighted by molar-refractivity contribution is 4.89. The zero-order valence-corrected chi connectivity index (χ0v) is 5.72. The van der Waals surface area contributed by atoms with Gasteiger partial charge in [0.1, 0.15) is 0 Å². The monoisotopic (exact) mass is 113 g/mol. The van der Waals surface area contributed by atoms with Gasteiger partial charge in [-0.3, -0.25) is 0 Å². The Labute approximate surface area is 51.3 Å². The number of nitrogens with two attached hydrogens (primary N) is 1. The Hall–Kier alpha value is -0.0400. The summed E-state index contributed by atoms with van der Waals surface area (Å²) in [5.41, 5.74) is 5.61. The van der Waals surface area contributed by atoms with Crippen molar-refractivity contribution in [2.24, 2.45) is 17.6 Å². The summed E-state index contributed by atoms with van der Waals surface area (Å²) in [6.45, 7) is 4.51. The molecule has 1 aliphatic carbocycles. The van der Waals surface area contributed by atoms with Crippen LogP contribution in [0.2, 0.25) is 0 Å². The molecule has 0 amide bonds. The third-order valence-electron chi connectivity index (χ3n) is 1.75. The van der Waals surface area contributed by atoms with Crippen molar-refractivity contribution in [3.8, 4) is 0 Å². The second kappa shape index (κ2) is 2.06. The maximum absolute atomic E-state index is 5.61. The molecule has 1 heteroatoms. The fourth-order valence-corrected chi connectivity index (χ4v) is 1.15. The van der Waals surface area contributed by atoms with Crippen LogP contribution in [-0.2, 0) is 0 Å². The highest BCUT2D eigenvalue weighted by Gasteiger charge is 2.33. The van der Waals surface area contributed by atoms with Crippen LogP contribution in [0.5, 0.6) is 0 Å². The number of rotatable bonds is 2. The molecule has 0 unspecified atom stereocenters. The lowest BCUT2D eigenvalue weighted by Gasteiger charge is -1.99. The Morgan fingerprint density at radius 3 is 2.25 bits per heavy atom. The minimum Gasteiger partial charge on any atom is -0.327 e. The van der Waals surface area contributed by atoms with Gasteiger partial charge in [0.15, 0.2) is 0 Å². The van der Waals surface area contributed by atoms with Crippen molar-refractivity contribution in [2.75, 3.05) is 0 Å². The van der Waals surface area contributed by atoms with Crippen LogP contribution >= 0.6 is 0 Å². The largest absolute Gasteiger partial charge is 0.327 e. The van der Waals surface area contributed by atoms with Crippen molar-refractivity contribution in [1.82, 2.24) is 0 Å². The van der Waals surface area contributed by atoms with Crippen LogP contribution < -0.4 is 5.73 Å². The SMILES string of the molecule is CC(C)C[C@@H]1C[C@@H]1N. The van der Waals surface area contributed by atoms with Gasteiger partial charge in [0.2, 0.25) is 0 Å². The van der Waals surface area contributed by atoms with Gasteiger partial charge in [0, 0.05) is 6.04 Å². The van der Waals surface area contributed by atoms with Gasteiger partial charge in [-0.1, -0.05) is 13.8 Å². The topological polar surface area (TPSA) is 26.0 Å². The molecule has 0 heterocycles. The first-order valence-electron chi connectivity index (χ1n) is 3.45. The van der Waals surface area contributed by atoms with Gasteiger partial charge >= 0.3 is 0 Å². The Morgan fingerprint density at radius 1 is 1.62 bits per heavy atom. The van der Waals surface area contributed by atoms with E-state index in [1.165, 1.54) is 12.8 Å². The van der Waals surface area contributed by atoms with Crippen LogP contribution in [0, 0.1) is 11.8 Å². The van der Waals surface area contributed by atoms with Crippen molar-refractivity contribution in [3.63, 3.8) is 0 Å². The fourth-order valence-electron chi connectivity index (χ4n) is 1.15. The number of hydrogen-bond donors (Lipinski definition) is 1. The van der Waals surface area contributed by atoms with Crippen LogP contribution in [0.4, 0.5) is 0 Å². The van der Waals surface area contributed by atoms with Crippen LogP contribution in [-0.4, -0.2) is 6.04 Å². The molecule has 0 spiro atoms.